The van der Waals surface area contributed by atoms with Crippen molar-refractivity contribution in [2.24, 2.45) is 7.05 Å². The van der Waals surface area contributed by atoms with Crippen molar-refractivity contribution in [3.8, 4) is 5.75 Å². The number of rotatable bonds is 6. The van der Waals surface area contributed by atoms with Crippen LogP contribution in [0.4, 0.5) is 0 Å². The van der Waals surface area contributed by atoms with E-state index in [-0.39, 0.29) is 5.91 Å². The summed E-state index contributed by atoms with van der Waals surface area (Å²) >= 11 is 1.44. The Bertz CT molecular complexity index is 765. The third-order valence-corrected chi connectivity index (χ3v) is 6.13. The average molecular weight is 389 g/mol. The Morgan fingerprint density at radius 3 is 2.52 bits per heavy atom. The number of hydrogen-bond donors (Lipinski definition) is 0. The molecule has 0 spiro atoms. The molecule has 27 heavy (non-hydrogen) atoms. The number of carbonyl (C=O) groups excluding carboxylic acids is 1. The van der Waals surface area contributed by atoms with Crippen LogP contribution >= 0.6 is 11.8 Å². The van der Waals surface area contributed by atoms with E-state index in [1.165, 1.54) is 23.7 Å². The summed E-state index contributed by atoms with van der Waals surface area (Å²) in [7, 11) is 1.91. The molecule has 1 amide bonds. The fourth-order valence-electron chi connectivity index (χ4n) is 3.49. The van der Waals surface area contributed by atoms with Gasteiger partial charge in [-0.2, -0.15) is 0 Å². The van der Waals surface area contributed by atoms with Crippen molar-refractivity contribution < 1.29 is 9.53 Å². The molecule has 1 aliphatic heterocycles. The Morgan fingerprint density at radius 2 is 1.85 bits per heavy atom. The molecule has 1 aliphatic rings. The van der Waals surface area contributed by atoms with Crippen molar-refractivity contribution in [3.63, 3.8) is 0 Å². The monoisotopic (exact) mass is 388 g/mol. The van der Waals surface area contributed by atoms with E-state index in [0.29, 0.717) is 24.4 Å². The number of hydrogen-bond acceptors (Lipinski definition) is 5. The Morgan fingerprint density at radius 1 is 1.19 bits per heavy atom. The molecule has 1 aromatic carbocycles. The molecule has 0 N–H and O–H groups in total. The van der Waals surface area contributed by atoms with Crippen LogP contribution in [0, 0.1) is 6.92 Å². The molecule has 6 nitrogen and oxygen atoms in total. The zero-order chi connectivity index (χ0) is 19.4. The van der Waals surface area contributed by atoms with Crippen LogP contribution in [0.2, 0.25) is 0 Å². The maximum Gasteiger partial charge on any atom is 0.233 e. The standard InChI is InChI=1S/C20H28N4O2S/c1-14-8-10-17(11-9-14)26-12-18-21-22-20(23(18)4)27-13-19(25)24-15(2)6-5-7-16(24)3/h8-11,15-16H,5-7,12-13H2,1-4H3/t15-,16-/m0/s1. The highest BCUT2D eigenvalue weighted by atomic mass is 32.2. The van der Waals surface area contributed by atoms with E-state index in [2.05, 4.69) is 24.0 Å². The van der Waals surface area contributed by atoms with Crippen LogP contribution in [0.15, 0.2) is 29.4 Å². The lowest BCUT2D eigenvalue weighted by Crippen LogP contribution is -2.48. The van der Waals surface area contributed by atoms with Gasteiger partial charge in [-0.05, 0) is 52.2 Å². The molecule has 1 aromatic heterocycles. The van der Waals surface area contributed by atoms with Crippen LogP contribution in [0.5, 0.6) is 5.75 Å². The minimum absolute atomic E-state index is 0.181. The lowest BCUT2D eigenvalue weighted by Gasteiger charge is -2.39. The van der Waals surface area contributed by atoms with Gasteiger partial charge in [-0.15, -0.1) is 10.2 Å². The summed E-state index contributed by atoms with van der Waals surface area (Å²) in [6, 6.07) is 8.56. The number of piperidine rings is 1. The average Bonchev–Trinajstić information content (AvgIpc) is 2.99. The van der Waals surface area contributed by atoms with Crippen LogP contribution in [-0.2, 0) is 18.4 Å². The van der Waals surface area contributed by atoms with Crippen LogP contribution in [0.25, 0.3) is 0 Å². The van der Waals surface area contributed by atoms with E-state index in [1.54, 1.807) is 0 Å². The molecule has 1 fully saturated rings. The first kappa shape index (κ1) is 19.7. The summed E-state index contributed by atoms with van der Waals surface area (Å²) in [4.78, 5) is 14.7. The predicted octanol–water partition coefficient (Wildman–Crippen LogP) is 3.58. The number of amides is 1. The van der Waals surface area contributed by atoms with Gasteiger partial charge in [0.25, 0.3) is 0 Å². The first-order valence-corrected chi connectivity index (χ1v) is 10.5. The second-order valence-corrected chi connectivity index (χ2v) is 8.22. The molecule has 0 saturated carbocycles. The molecule has 3 rings (SSSR count). The largest absolute Gasteiger partial charge is 0.486 e. The first-order valence-electron chi connectivity index (χ1n) is 9.47. The van der Waals surface area contributed by atoms with E-state index in [9.17, 15) is 4.79 Å². The summed E-state index contributed by atoms with van der Waals surface area (Å²) < 4.78 is 7.68. The maximum atomic E-state index is 12.7. The summed E-state index contributed by atoms with van der Waals surface area (Å²) in [6.45, 7) is 6.67. The van der Waals surface area contributed by atoms with Crippen LogP contribution in [0.1, 0.15) is 44.5 Å². The summed E-state index contributed by atoms with van der Waals surface area (Å²) in [6.07, 6.45) is 3.38. The van der Waals surface area contributed by atoms with Crippen molar-refractivity contribution in [3.05, 3.63) is 35.7 Å². The zero-order valence-corrected chi connectivity index (χ0v) is 17.3. The second kappa shape index (κ2) is 8.78. The van der Waals surface area contributed by atoms with Gasteiger partial charge in [0.15, 0.2) is 11.0 Å². The highest BCUT2D eigenvalue weighted by Crippen LogP contribution is 2.25. The Hall–Kier alpha value is -2.02. The molecule has 1 saturated heterocycles. The van der Waals surface area contributed by atoms with Gasteiger partial charge in [-0.25, -0.2) is 0 Å². The molecule has 0 bridgehead atoms. The lowest BCUT2D eigenvalue weighted by atomic mass is 9.98. The lowest BCUT2D eigenvalue weighted by molar-refractivity contribution is -0.134. The van der Waals surface area contributed by atoms with Crippen molar-refractivity contribution in [1.82, 2.24) is 19.7 Å². The van der Waals surface area contributed by atoms with Gasteiger partial charge in [-0.1, -0.05) is 29.5 Å². The summed E-state index contributed by atoms with van der Waals surface area (Å²) in [5, 5.41) is 9.17. The van der Waals surface area contributed by atoms with Crippen molar-refractivity contribution in [1.29, 1.82) is 0 Å². The highest BCUT2D eigenvalue weighted by molar-refractivity contribution is 7.99. The molecule has 7 heteroatoms. The molecular formula is C20H28N4O2S. The third kappa shape index (κ3) is 4.83. The molecule has 0 unspecified atom stereocenters. The Kier molecular flexibility index (Phi) is 6.42. The summed E-state index contributed by atoms with van der Waals surface area (Å²) in [5.41, 5.74) is 1.20. The topological polar surface area (TPSA) is 60.3 Å². The van der Waals surface area contributed by atoms with Gasteiger partial charge in [-0.3, -0.25) is 4.79 Å². The quantitative estimate of drug-likeness (QED) is 0.708. The normalized spacial score (nSPS) is 19.9. The van der Waals surface area contributed by atoms with Gasteiger partial charge < -0.3 is 14.2 Å². The number of benzene rings is 1. The van der Waals surface area contributed by atoms with Crippen LogP contribution in [-0.4, -0.2) is 43.4 Å². The second-order valence-electron chi connectivity index (χ2n) is 7.28. The SMILES string of the molecule is Cc1ccc(OCc2nnc(SCC(=O)N3[C@@H](C)CCC[C@@H]3C)n2C)cc1. The number of likely N-dealkylation sites (tertiary alicyclic amines) is 1. The molecular weight excluding hydrogens is 360 g/mol. The van der Waals surface area contributed by atoms with Gasteiger partial charge in [0.05, 0.1) is 5.75 Å². The van der Waals surface area contributed by atoms with E-state index in [4.69, 9.17) is 4.74 Å². The van der Waals surface area contributed by atoms with Crippen molar-refractivity contribution >= 4 is 17.7 Å². The first-order chi connectivity index (χ1) is 13.0. The molecule has 2 aromatic rings. The predicted molar refractivity (Wildman–Crippen MR) is 107 cm³/mol. The number of thioether (sulfide) groups is 1. The van der Waals surface area contributed by atoms with Crippen molar-refractivity contribution in [2.45, 2.75) is 63.9 Å². The molecule has 2 atom stereocenters. The van der Waals surface area contributed by atoms with E-state index < -0.39 is 0 Å². The number of ether oxygens (including phenoxy) is 1. The van der Waals surface area contributed by atoms with Gasteiger partial charge in [0.1, 0.15) is 12.4 Å². The Balaban J connectivity index is 1.55. The molecule has 0 radical (unpaired) electrons. The molecule has 146 valence electrons. The van der Waals surface area contributed by atoms with Gasteiger partial charge in [0, 0.05) is 19.1 Å². The number of aromatic nitrogens is 3. The maximum absolute atomic E-state index is 12.7. The highest BCUT2D eigenvalue weighted by Gasteiger charge is 2.29. The van der Waals surface area contributed by atoms with E-state index in [0.717, 1.165) is 29.6 Å². The van der Waals surface area contributed by atoms with Crippen LogP contribution < -0.4 is 4.74 Å². The number of aryl methyl sites for hydroxylation is 1. The van der Waals surface area contributed by atoms with E-state index >= 15 is 0 Å². The number of carbonyl (C=O) groups is 1. The smallest absolute Gasteiger partial charge is 0.233 e. The van der Waals surface area contributed by atoms with Gasteiger partial charge >= 0.3 is 0 Å². The number of nitrogens with zero attached hydrogens (tertiary/aromatic N) is 4. The molecule has 2 heterocycles. The zero-order valence-electron chi connectivity index (χ0n) is 16.5. The Labute approximate surface area is 165 Å². The fraction of sp³-hybridized carbons (Fsp3) is 0.550. The minimum Gasteiger partial charge on any atom is -0.486 e. The summed E-state index contributed by atoms with van der Waals surface area (Å²) in [5.74, 6) is 2.12. The van der Waals surface area contributed by atoms with Gasteiger partial charge in [0.2, 0.25) is 5.91 Å². The fourth-order valence-corrected chi connectivity index (χ4v) is 4.29. The van der Waals surface area contributed by atoms with E-state index in [1.807, 2.05) is 47.7 Å². The van der Waals surface area contributed by atoms with Crippen LogP contribution in [0.3, 0.4) is 0 Å². The third-order valence-electron chi connectivity index (χ3n) is 5.12. The minimum atomic E-state index is 0.181. The van der Waals surface area contributed by atoms with Crippen molar-refractivity contribution in [2.75, 3.05) is 5.75 Å². The molecule has 0 aliphatic carbocycles.